The lowest BCUT2D eigenvalue weighted by Crippen LogP contribution is -2.50. The molecule has 0 aliphatic heterocycles. The van der Waals surface area contributed by atoms with Gasteiger partial charge in [-0.1, -0.05) is 50.2 Å². The molecule has 1 unspecified atom stereocenters. The number of fused-ring (bicyclic) bond motifs is 1. The highest BCUT2D eigenvalue weighted by Crippen LogP contribution is 2.44. The monoisotopic (exact) mass is 429 g/mol. The quantitative estimate of drug-likeness (QED) is 0.453. The molecule has 0 spiro atoms. The number of para-hydroxylation sites is 1. The Balaban J connectivity index is 1.95. The SMILES string of the molecule is CC(C)(CC(O)(Cc1cc2ccccc2[nH]1)C(F)(F)F)c1cccc(C(F)(F)F)c1. The van der Waals surface area contributed by atoms with Gasteiger partial charge >= 0.3 is 12.4 Å². The summed E-state index contributed by atoms with van der Waals surface area (Å²) < 4.78 is 80.9. The van der Waals surface area contributed by atoms with Crippen LogP contribution in [0, 0.1) is 0 Å². The molecule has 0 saturated heterocycles. The number of nitrogens with one attached hydrogen (secondary N) is 1. The van der Waals surface area contributed by atoms with Crippen molar-refractivity contribution in [3.63, 3.8) is 0 Å². The minimum atomic E-state index is -4.98. The Morgan fingerprint density at radius 1 is 0.833 bits per heavy atom. The first-order valence-corrected chi connectivity index (χ1v) is 9.25. The van der Waals surface area contributed by atoms with Gasteiger partial charge in [0, 0.05) is 17.6 Å². The maximum Gasteiger partial charge on any atom is 0.417 e. The Bertz CT molecular complexity index is 1000. The largest absolute Gasteiger partial charge is 0.417 e. The molecule has 3 rings (SSSR count). The predicted molar refractivity (Wildman–Crippen MR) is 102 cm³/mol. The highest BCUT2D eigenvalue weighted by Gasteiger charge is 2.56. The Morgan fingerprint density at radius 3 is 2.07 bits per heavy atom. The molecule has 0 amide bonds. The minimum Gasteiger partial charge on any atom is -0.380 e. The summed E-state index contributed by atoms with van der Waals surface area (Å²) in [6, 6.07) is 12.6. The Morgan fingerprint density at radius 2 is 1.47 bits per heavy atom. The smallest absolute Gasteiger partial charge is 0.380 e. The fraction of sp³-hybridized carbons (Fsp3) is 0.364. The molecule has 0 aliphatic rings. The molecule has 0 radical (unpaired) electrons. The lowest BCUT2D eigenvalue weighted by molar-refractivity contribution is -0.266. The number of H-pyrrole nitrogens is 1. The van der Waals surface area contributed by atoms with Gasteiger partial charge in [0.05, 0.1) is 5.56 Å². The zero-order valence-electron chi connectivity index (χ0n) is 16.3. The molecular weight excluding hydrogens is 408 g/mol. The fourth-order valence-electron chi connectivity index (χ4n) is 3.76. The first-order valence-electron chi connectivity index (χ1n) is 9.25. The summed E-state index contributed by atoms with van der Waals surface area (Å²) >= 11 is 0. The zero-order valence-corrected chi connectivity index (χ0v) is 16.3. The molecule has 1 aromatic heterocycles. The maximum atomic E-state index is 13.9. The van der Waals surface area contributed by atoms with Crippen LogP contribution < -0.4 is 0 Å². The van der Waals surface area contributed by atoms with Crippen LogP contribution in [0.3, 0.4) is 0 Å². The van der Waals surface area contributed by atoms with E-state index >= 15 is 0 Å². The second-order valence-corrected chi connectivity index (χ2v) is 8.23. The van der Waals surface area contributed by atoms with Gasteiger partial charge in [0.15, 0.2) is 5.60 Å². The standard InChI is InChI=1S/C22H21F6NO/c1-19(2,15-7-5-8-16(11-15)21(23,24)25)13-20(30,22(26,27)28)12-17-10-14-6-3-4-9-18(14)29-17/h3-11,29-30H,12-13H2,1-2H3. The number of aromatic amines is 1. The predicted octanol–water partition coefficient (Wildman–Crippen LogP) is 6.39. The van der Waals surface area contributed by atoms with Gasteiger partial charge in [-0.25, -0.2) is 0 Å². The van der Waals surface area contributed by atoms with Crippen molar-refractivity contribution in [3.05, 3.63) is 71.4 Å². The van der Waals surface area contributed by atoms with Crippen LogP contribution in [0.1, 0.15) is 37.1 Å². The molecule has 0 fully saturated rings. The number of aromatic nitrogens is 1. The van der Waals surface area contributed by atoms with Crippen molar-refractivity contribution in [1.29, 1.82) is 0 Å². The summed E-state index contributed by atoms with van der Waals surface area (Å²) in [5.41, 5.74) is -4.57. The summed E-state index contributed by atoms with van der Waals surface area (Å²) in [5, 5.41) is 11.4. The van der Waals surface area contributed by atoms with E-state index in [2.05, 4.69) is 4.98 Å². The molecule has 2 aromatic carbocycles. The average Bonchev–Trinajstić information content (AvgIpc) is 3.01. The molecule has 3 aromatic rings. The number of halogens is 6. The van der Waals surface area contributed by atoms with Gasteiger partial charge in [-0.05, 0) is 41.0 Å². The topological polar surface area (TPSA) is 36.0 Å². The molecule has 8 heteroatoms. The van der Waals surface area contributed by atoms with Crippen molar-refractivity contribution in [3.8, 4) is 0 Å². The highest BCUT2D eigenvalue weighted by molar-refractivity contribution is 5.80. The Hall–Kier alpha value is -2.48. The van der Waals surface area contributed by atoms with Gasteiger partial charge < -0.3 is 10.1 Å². The van der Waals surface area contributed by atoms with Crippen LogP contribution in [0.5, 0.6) is 0 Å². The van der Waals surface area contributed by atoms with E-state index < -0.39 is 41.8 Å². The van der Waals surface area contributed by atoms with Crippen LogP contribution >= 0.6 is 0 Å². The maximum absolute atomic E-state index is 13.9. The molecule has 30 heavy (non-hydrogen) atoms. The molecule has 2 N–H and O–H groups in total. The number of hydrogen-bond acceptors (Lipinski definition) is 1. The molecule has 0 saturated carbocycles. The van der Waals surface area contributed by atoms with Gasteiger partial charge in [0.2, 0.25) is 0 Å². The van der Waals surface area contributed by atoms with Crippen LogP contribution in [0.4, 0.5) is 26.3 Å². The van der Waals surface area contributed by atoms with Gasteiger partial charge in [0.1, 0.15) is 0 Å². The third-order valence-corrected chi connectivity index (χ3v) is 5.30. The lowest BCUT2D eigenvalue weighted by Gasteiger charge is -2.38. The van der Waals surface area contributed by atoms with E-state index in [1.807, 2.05) is 0 Å². The van der Waals surface area contributed by atoms with Crippen LogP contribution in [0.25, 0.3) is 10.9 Å². The molecule has 1 atom stereocenters. The summed E-state index contributed by atoms with van der Waals surface area (Å²) in [6.07, 6.45) is -11.1. The number of rotatable bonds is 5. The summed E-state index contributed by atoms with van der Waals surface area (Å²) in [7, 11) is 0. The first-order chi connectivity index (χ1) is 13.7. The van der Waals surface area contributed by atoms with Crippen LogP contribution in [0.2, 0.25) is 0 Å². The number of benzene rings is 2. The van der Waals surface area contributed by atoms with E-state index in [-0.39, 0.29) is 11.3 Å². The van der Waals surface area contributed by atoms with Crippen LogP contribution in [-0.2, 0) is 18.0 Å². The van der Waals surface area contributed by atoms with Crippen LogP contribution in [0.15, 0.2) is 54.6 Å². The van der Waals surface area contributed by atoms with Crippen molar-refractivity contribution in [1.82, 2.24) is 4.98 Å². The summed E-state index contributed by atoms with van der Waals surface area (Å²) in [5.74, 6) is 0. The molecule has 2 nitrogen and oxygen atoms in total. The van der Waals surface area contributed by atoms with E-state index in [0.717, 1.165) is 18.2 Å². The van der Waals surface area contributed by atoms with E-state index in [4.69, 9.17) is 0 Å². The fourth-order valence-corrected chi connectivity index (χ4v) is 3.76. The normalized spacial score (nSPS) is 15.4. The molecule has 0 bridgehead atoms. The highest BCUT2D eigenvalue weighted by atomic mass is 19.4. The Labute approximate surface area is 169 Å². The second-order valence-electron chi connectivity index (χ2n) is 8.23. The zero-order chi connectivity index (χ0) is 22.4. The van der Waals surface area contributed by atoms with E-state index in [1.165, 1.54) is 26.0 Å². The summed E-state index contributed by atoms with van der Waals surface area (Å²) in [6.45, 7) is 2.79. The third-order valence-electron chi connectivity index (χ3n) is 5.30. The molecular formula is C22H21F6NO. The summed E-state index contributed by atoms with van der Waals surface area (Å²) in [4.78, 5) is 2.87. The van der Waals surface area contributed by atoms with Crippen molar-refractivity contribution in [2.45, 2.75) is 50.1 Å². The third kappa shape index (κ3) is 4.48. The molecule has 1 heterocycles. The first kappa shape index (κ1) is 22.2. The average molecular weight is 429 g/mol. The van der Waals surface area contributed by atoms with Gasteiger partial charge in [-0.2, -0.15) is 26.3 Å². The lowest BCUT2D eigenvalue weighted by atomic mass is 9.73. The molecule has 162 valence electrons. The Kier molecular flexibility index (Phi) is 5.43. The van der Waals surface area contributed by atoms with E-state index in [0.29, 0.717) is 10.9 Å². The van der Waals surface area contributed by atoms with Crippen molar-refractivity contribution >= 4 is 10.9 Å². The van der Waals surface area contributed by atoms with E-state index in [9.17, 15) is 31.4 Å². The number of aliphatic hydroxyl groups is 1. The van der Waals surface area contributed by atoms with Crippen molar-refractivity contribution < 1.29 is 31.4 Å². The van der Waals surface area contributed by atoms with Crippen molar-refractivity contribution in [2.24, 2.45) is 0 Å². The minimum absolute atomic E-state index is 0.0663. The van der Waals surface area contributed by atoms with E-state index in [1.54, 1.807) is 24.3 Å². The van der Waals surface area contributed by atoms with Gasteiger partial charge in [-0.3, -0.25) is 0 Å². The van der Waals surface area contributed by atoms with Gasteiger partial charge in [0.25, 0.3) is 0 Å². The van der Waals surface area contributed by atoms with Crippen LogP contribution in [-0.4, -0.2) is 21.9 Å². The second kappa shape index (κ2) is 7.34. The number of hydrogen-bond donors (Lipinski definition) is 2. The van der Waals surface area contributed by atoms with Crippen molar-refractivity contribution in [2.75, 3.05) is 0 Å². The van der Waals surface area contributed by atoms with Gasteiger partial charge in [-0.15, -0.1) is 0 Å². The number of alkyl halides is 6. The molecule has 0 aliphatic carbocycles.